The van der Waals surface area contributed by atoms with Crippen LogP contribution in [0.15, 0.2) is 0 Å². The Hall–Kier alpha value is 0.780. The maximum Gasteiger partial charge on any atom is 1.00 e. The van der Waals surface area contributed by atoms with E-state index in [1.807, 2.05) is 0 Å². The molecule has 0 aromatic heterocycles. The van der Waals surface area contributed by atoms with Crippen molar-refractivity contribution in [2.45, 2.75) is 26.1 Å². The van der Waals surface area contributed by atoms with Gasteiger partial charge < -0.3 is 19.8 Å². The molecule has 0 spiro atoms. The third kappa shape index (κ3) is 17.2. The van der Waals surface area contributed by atoms with Crippen LogP contribution in [0.25, 0.3) is 0 Å². The second kappa shape index (κ2) is 15.8. The van der Waals surface area contributed by atoms with Gasteiger partial charge >= 0.3 is 59.1 Å². The minimum Gasteiger partial charge on any atom is -0.547 e. The number of carboxylic acid groups (broad SMARTS) is 2. The fourth-order valence-corrected chi connectivity index (χ4v) is 0.0861. The first-order valence-electron chi connectivity index (χ1n) is 3.39. The van der Waals surface area contributed by atoms with Gasteiger partial charge in [-0.25, -0.2) is 9.78 Å². The molecule has 10 heteroatoms. The summed E-state index contributed by atoms with van der Waals surface area (Å²) in [7, 11) is 0. The summed E-state index contributed by atoms with van der Waals surface area (Å²) >= 11 is 0. The first-order valence-corrected chi connectivity index (χ1v) is 3.39. The molecule has 2 unspecified atom stereocenters. The van der Waals surface area contributed by atoms with E-state index in [0.717, 1.165) is 13.8 Å². The number of aliphatic carboxylic acids is 2. The Labute approximate surface area is 136 Å². The summed E-state index contributed by atoms with van der Waals surface area (Å²) in [6, 6.07) is 0. The molecule has 0 bridgehead atoms. The van der Waals surface area contributed by atoms with Crippen LogP contribution in [0, 0.1) is 0 Å². The molecule has 0 saturated heterocycles. The van der Waals surface area contributed by atoms with E-state index in [9.17, 15) is 19.8 Å². The Morgan fingerprint density at radius 1 is 0.938 bits per heavy atom. The Bertz CT molecular complexity index is 167. The van der Waals surface area contributed by atoms with Gasteiger partial charge in [0, 0.05) is 0 Å². The Balaban J connectivity index is -0.0000000800. The fourth-order valence-electron chi connectivity index (χ4n) is 0.0861. The molecule has 8 nitrogen and oxygen atoms in total. The van der Waals surface area contributed by atoms with Crippen LogP contribution in [0.3, 0.4) is 0 Å². The monoisotopic (exact) mass is 256 g/mol. The van der Waals surface area contributed by atoms with Crippen LogP contribution in [0.1, 0.15) is 13.8 Å². The quantitative estimate of drug-likeness (QED) is 0.287. The van der Waals surface area contributed by atoms with Crippen molar-refractivity contribution in [2.24, 2.45) is 0 Å². The zero-order chi connectivity index (χ0) is 11.7. The maximum absolute atomic E-state index is 9.53. The number of carboxylic acids is 2. The summed E-state index contributed by atoms with van der Waals surface area (Å²) in [5.41, 5.74) is 0. The van der Waals surface area contributed by atoms with Crippen LogP contribution in [-0.2, 0) is 19.4 Å². The number of carbonyl (C=O) groups excluding carboxylic acids is 2. The standard InChI is InChI=1S/2C3H6O4.2Na/c2*1-2(7-6)3(4)5;;/h2*2,6H,1H3,(H,4,5);;/q;;2*+1/p-2. The van der Waals surface area contributed by atoms with Crippen LogP contribution in [0.4, 0.5) is 0 Å². The van der Waals surface area contributed by atoms with Crippen LogP contribution < -0.4 is 69.3 Å². The van der Waals surface area contributed by atoms with Crippen molar-refractivity contribution in [3.63, 3.8) is 0 Å². The van der Waals surface area contributed by atoms with Gasteiger partial charge in [0.25, 0.3) is 0 Å². The molecule has 0 aliphatic heterocycles. The van der Waals surface area contributed by atoms with E-state index in [1.54, 1.807) is 0 Å². The summed E-state index contributed by atoms with van der Waals surface area (Å²) in [6.07, 6.45) is -2.47. The van der Waals surface area contributed by atoms with Crippen molar-refractivity contribution in [1.82, 2.24) is 0 Å². The molecule has 2 N–H and O–H groups in total. The van der Waals surface area contributed by atoms with Crippen molar-refractivity contribution in [2.75, 3.05) is 0 Å². The molecule has 0 fully saturated rings. The van der Waals surface area contributed by atoms with E-state index in [0.29, 0.717) is 0 Å². The van der Waals surface area contributed by atoms with Crippen molar-refractivity contribution in [3.8, 4) is 0 Å². The van der Waals surface area contributed by atoms with Gasteiger partial charge in [-0.2, -0.15) is 0 Å². The average Bonchev–Trinajstić information content (AvgIpc) is 2.15. The first kappa shape index (κ1) is 25.6. The second-order valence-electron chi connectivity index (χ2n) is 2.13. The second-order valence-corrected chi connectivity index (χ2v) is 2.13. The molecule has 0 amide bonds. The minimum absolute atomic E-state index is 0. The summed E-state index contributed by atoms with van der Waals surface area (Å²) in [6.45, 7) is 2.32. The Kier molecular flexibility index (Phi) is 25.2. The topological polar surface area (TPSA) is 139 Å². The summed E-state index contributed by atoms with van der Waals surface area (Å²) in [5.74, 6) is -2.86. The number of carbonyl (C=O) groups is 2. The van der Waals surface area contributed by atoms with Gasteiger partial charge in [0.05, 0.1) is 11.9 Å². The zero-order valence-corrected chi connectivity index (χ0v) is 13.5. The summed E-state index contributed by atoms with van der Waals surface area (Å²) in [4.78, 5) is 25.8. The molecule has 84 valence electrons. The van der Waals surface area contributed by atoms with Crippen molar-refractivity contribution >= 4 is 11.9 Å². The van der Waals surface area contributed by atoms with Gasteiger partial charge in [0.1, 0.15) is 12.2 Å². The third-order valence-electron chi connectivity index (χ3n) is 0.980. The van der Waals surface area contributed by atoms with Crippen LogP contribution in [0.5, 0.6) is 0 Å². The third-order valence-corrected chi connectivity index (χ3v) is 0.980. The molecule has 0 aliphatic carbocycles. The van der Waals surface area contributed by atoms with Crippen molar-refractivity contribution in [3.05, 3.63) is 0 Å². The van der Waals surface area contributed by atoms with Gasteiger partial charge in [0.15, 0.2) is 0 Å². The number of rotatable bonds is 4. The van der Waals surface area contributed by atoms with Crippen LogP contribution in [-0.4, -0.2) is 34.7 Å². The van der Waals surface area contributed by atoms with Gasteiger partial charge in [-0.15, -0.1) is 0 Å². The predicted molar refractivity (Wildman–Crippen MR) is 36.4 cm³/mol. The van der Waals surface area contributed by atoms with E-state index < -0.39 is 24.1 Å². The largest absolute Gasteiger partial charge is 1.00 e. The summed E-state index contributed by atoms with van der Waals surface area (Å²) < 4.78 is 0. The molecule has 0 rings (SSSR count). The predicted octanol–water partition coefficient (Wildman–Crippen LogP) is -8.76. The van der Waals surface area contributed by atoms with Crippen molar-refractivity contribution < 1.29 is 99.2 Å². The van der Waals surface area contributed by atoms with E-state index in [-0.39, 0.29) is 59.1 Å². The molecular weight excluding hydrogens is 246 g/mol. The normalized spacial score (nSPS) is 11.8. The van der Waals surface area contributed by atoms with E-state index in [4.69, 9.17) is 10.5 Å². The van der Waals surface area contributed by atoms with E-state index in [2.05, 4.69) is 9.78 Å². The molecule has 0 radical (unpaired) electrons. The van der Waals surface area contributed by atoms with Gasteiger partial charge in [-0.3, -0.25) is 10.5 Å². The van der Waals surface area contributed by atoms with Crippen LogP contribution >= 0.6 is 0 Å². The molecule has 0 saturated carbocycles. The van der Waals surface area contributed by atoms with Gasteiger partial charge in [-0.05, 0) is 13.8 Å². The molecule has 0 heterocycles. The summed E-state index contributed by atoms with van der Waals surface area (Å²) in [5, 5.41) is 34.2. The van der Waals surface area contributed by atoms with Crippen LogP contribution in [0.2, 0.25) is 0 Å². The smallest absolute Gasteiger partial charge is 0.547 e. The molecule has 2 atom stereocenters. The Morgan fingerprint density at radius 3 is 1.12 bits per heavy atom. The van der Waals surface area contributed by atoms with Gasteiger partial charge in [-0.1, -0.05) is 0 Å². The Morgan fingerprint density at radius 2 is 1.12 bits per heavy atom. The van der Waals surface area contributed by atoms with E-state index >= 15 is 0 Å². The van der Waals surface area contributed by atoms with Gasteiger partial charge in [0.2, 0.25) is 0 Å². The molecular formula is C6H10Na2O8. The van der Waals surface area contributed by atoms with E-state index in [1.165, 1.54) is 0 Å². The molecule has 0 aromatic carbocycles. The maximum atomic E-state index is 9.53. The molecule has 0 aromatic rings. The first-order chi connectivity index (χ1) is 6.36. The minimum atomic E-state index is -1.43. The molecule has 16 heavy (non-hydrogen) atoms. The fraction of sp³-hybridized carbons (Fsp3) is 0.667. The SMILES string of the molecule is CC(OO)C(=O)[O-].CC(OO)C(=O)[O-].[Na+].[Na+]. The average molecular weight is 256 g/mol. The number of hydrogen-bond donors (Lipinski definition) is 2. The van der Waals surface area contributed by atoms with Crippen molar-refractivity contribution in [1.29, 1.82) is 0 Å². The molecule has 0 aliphatic rings. The number of hydrogen-bond acceptors (Lipinski definition) is 8. The zero-order valence-electron chi connectivity index (χ0n) is 9.50.